The van der Waals surface area contributed by atoms with Gasteiger partial charge in [0.05, 0.1) is 39.6 Å². The van der Waals surface area contributed by atoms with Crippen LogP contribution >= 0.6 is 0 Å². The molecule has 0 amide bonds. The fourth-order valence-corrected chi connectivity index (χ4v) is 0. The monoisotopic (exact) mass is 260 g/mol. The van der Waals surface area contributed by atoms with Gasteiger partial charge in [-0.05, 0) is 0 Å². The first-order valence-corrected chi connectivity index (χ1v) is 3.40. The molecule has 6 N–H and O–H groups in total. The van der Waals surface area contributed by atoms with Gasteiger partial charge >= 0.3 is 0 Å². The number of aliphatic hydroxyl groups excluding tert-OH is 6. The minimum Gasteiger partial charge on any atom is -0.394 e. The summed E-state index contributed by atoms with van der Waals surface area (Å²) in [6, 6.07) is 0. The molecule has 0 rings (SSSR count). The van der Waals surface area contributed by atoms with Crippen LogP contribution in [0.25, 0.3) is 0 Å². The maximum atomic E-state index is 7.62. The topological polar surface area (TPSA) is 121 Å². The zero-order chi connectivity index (χ0) is 10.2. The van der Waals surface area contributed by atoms with Gasteiger partial charge in [-0.2, -0.15) is 0 Å². The van der Waals surface area contributed by atoms with Crippen LogP contribution in [-0.2, 0) is 0 Å². The maximum Gasteiger partial charge on any atom is 0.0662 e. The molecule has 0 fully saturated rings. The molecule has 13 heavy (non-hydrogen) atoms. The summed E-state index contributed by atoms with van der Waals surface area (Å²) < 4.78 is 0. The first-order valence-electron chi connectivity index (χ1n) is 3.40. The van der Waals surface area contributed by atoms with E-state index in [1.165, 1.54) is 0 Å². The van der Waals surface area contributed by atoms with Crippen molar-refractivity contribution < 1.29 is 30.6 Å². The van der Waals surface area contributed by atoms with E-state index in [4.69, 9.17) is 30.6 Å². The summed E-state index contributed by atoms with van der Waals surface area (Å²) >= 11 is 0. The molecule has 4 radical (unpaired) electrons. The van der Waals surface area contributed by atoms with Crippen molar-refractivity contribution in [2.45, 2.75) is 0 Å². The molecule has 0 bridgehead atoms. The van der Waals surface area contributed by atoms with Crippen LogP contribution in [0.4, 0.5) is 0 Å². The Morgan fingerprint density at radius 2 is 0.462 bits per heavy atom. The molecule has 0 aliphatic rings. The molecule has 6 nitrogen and oxygen atoms in total. The van der Waals surface area contributed by atoms with E-state index in [1.807, 2.05) is 0 Å². The molecule has 0 saturated carbocycles. The standard InChI is InChI=1S/3C2H6O2.Ge/c3*3-1-2-4;/h3*3-4H,1-2H2;. The predicted octanol–water partition coefficient (Wildman–Crippen LogP) is -3.47. The van der Waals surface area contributed by atoms with Gasteiger partial charge in [0.1, 0.15) is 0 Å². The van der Waals surface area contributed by atoms with Crippen LogP contribution in [0.15, 0.2) is 0 Å². The van der Waals surface area contributed by atoms with E-state index >= 15 is 0 Å². The Morgan fingerprint density at radius 1 is 0.385 bits per heavy atom. The van der Waals surface area contributed by atoms with E-state index in [0.29, 0.717) is 0 Å². The first-order chi connectivity index (χ1) is 5.74. The van der Waals surface area contributed by atoms with Gasteiger partial charge in [0.2, 0.25) is 0 Å². The van der Waals surface area contributed by atoms with E-state index in [0.717, 1.165) is 0 Å². The minimum absolute atomic E-state index is 0. The number of hydrogen-bond acceptors (Lipinski definition) is 6. The van der Waals surface area contributed by atoms with Gasteiger partial charge in [0.25, 0.3) is 0 Å². The molecular formula is C6H18GeO6. The molecule has 0 aliphatic heterocycles. The molecule has 0 spiro atoms. The van der Waals surface area contributed by atoms with Gasteiger partial charge in [-0.3, -0.25) is 0 Å². The Balaban J connectivity index is -0.0000000450. The number of aliphatic hydroxyl groups is 6. The zero-order valence-electron chi connectivity index (χ0n) is 7.43. The van der Waals surface area contributed by atoms with Crippen LogP contribution in [0.1, 0.15) is 0 Å². The van der Waals surface area contributed by atoms with Gasteiger partial charge in [-0.25, -0.2) is 0 Å². The van der Waals surface area contributed by atoms with Gasteiger partial charge in [0.15, 0.2) is 0 Å². The third-order valence-corrected chi connectivity index (χ3v) is 0.300. The van der Waals surface area contributed by atoms with Crippen molar-refractivity contribution in [2.24, 2.45) is 0 Å². The second-order valence-corrected chi connectivity index (χ2v) is 1.34. The van der Waals surface area contributed by atoms with Crippen LogP contribution < -0.4 is 0 Å². The van der Waals surface area contributed by atoms with Crippen molar-refractivity contribution in [2.75, 3.05) is 39.6 Å². The number of hydrogen-bond donors (Lipinski definition) is 6. The second-order valence-electron chi connectivity index (χ2n) is 1.34. The van der Waals surface area contributed by atoms with Crippen LogP contribution in [0.5, 0.6) is 0 Å². The van der Waals surface area contributed by atoms with E-state index < -0.39 is 0 Å². The summed E-state index contributed by atoms with van der Waals surface area (Å²) in [4.78, 5) is 0. The van der Waals surface area contributed by atoms with Crippen molar-refractivity contribution in [3.8, 4) is 0 Å². The van der Waals surface area contributed by atoms with Crippen molar-refractivity contribution in [3.63, 3.8) is 0 Å². The molecule has 0 aromatic heterocycles. The van der Waals surface area contributed by atoms with E-state index in [-0.39, 0.29) is 57.2 Å². The fourth-order valence-electron chi connectivity index (χ4n) is 0. The van der Waals surface area contributed by atoms with Crippen LogP contribution in [0.2, 0.25) is 0 Å². The summed E-state index contributed by atoms with van der Waals surface area (Å²) in [6.45, 7) is -0.750. The van der Waals surface area contributed by atoms with Crippen LogP contribution in [0.3, 0.4) is 0 Å². The van der Waals surface area contributed by atoms with Gasteiger partial charge < -0.3 is 30.6 Å². The van der Waals surface area contributed by atoms with Crippen LogP contribution in [-0.4, -0.2) is 87.9 Å². The van der Waals surface area contributed by atoms with Crippen molar-refractivity contribution in [1.29, 1.82) is 0 Å². The third kappa shape index (κ3) is 120. The summed E-state index contributed by atoms with van der Waals surface area (Å²) in [5.74, 6) is 0. The molecule has 0 aliphatic carbocycles. The van der Waals surface area contributed by atoms with Crippen LogP contribution in [0, 0.1) is 0 Å². The SMILES string of the molecule is OCCO.OCCO.OCCO.[Ge]. The molecule has 0 aromatic carbocycles. The van der Waals surface area contributed by atoms with Crippen molar-refractivity contribution in [3.05, 3.63) is 0 Å². The Kier molecular flexibility index (Phi) is 70.8. The Labute approximate surface area is 88.4 Å². The fraction of sp³-hybridized carbons (Fsp3) is 1.00. The Hall–Kier alpha value is 0.303. The molecule has 0 unspecified atom stereocenters. The summed E-state index contributed by atoms with van der Waals surface area (Å²) in [7, 11) is 0. The summed E-state index contributed by atoms with van der Waals surface area (Å²) in [5.41, 5.74) is 0. The normalized spacial score (nSPS) is 6.92. The molecular weight excluding hydrogens is 241 g/mol. The Bertz CT molecular complexity index is 32.6. The smallest absolute Gasteiger partial charge is 0.0662 e. The molecule has 82 valence electrons. The first kappa shape index (κ1) is 23.3. The van der Waals surface area contributed by atoms with E-state index in [9.17, 15) is 0 Å². The van der Waals surface area contributed by atoms with Gasteiger partial charge in [-0.1, -0.05) is 0 Å². The van der Waals surface area contributed by atoms with E-state index in [1.54, 1.807) is 0 Å². The van der Waals surface area contributed by atoms with E-state index in [2.05, 4.69) is 0 Å². The molecule has 7 heteroatoms. The van der Waals surface area contributed by atoms with Crippen molar-refractivity contribution >= 4 is 17.6 Å². The molecule has 0 heterocycles. The minimum atomic E-state index is -0.125. The predicted molar refractivity (Wildman–Crippen MR) is 48.3 cm³/mol. The quantitative estimate of drug-likeness (QED) is 0.293. The largest absolute Gasteiger partial charge is 0.394 e. The van der Waals surface area contributed by atoms with Gasteiger partial charge in [0, 0.05) is 17.6 Å². The van der Waals surface area contributed by atoms with Crippen molar-refractivity contribution in [1.82, 2.24) is 0 Å². The zero-order valence-corrected chi connectivity index (χ0v) is 9.52. The third-order valence-electron chi connectivity index (χ3n) is 0.300. The average Bonchev–Trinajstić information content (AvgIpc) is 2.18. The molecule has 0 aromatic rings. The molecule has 0 atom stereocenters. The average molecular weight is 259 g/mol. The summed E-state index contributed by atoms with van der Waals surface area (Å²) in [6.07, 6.45) is 0. The summed E-state index contributed by atoms with van der Waals surface area (Å²) in [5, 5.41) is 45.8. The molecule has 0 saturated heterocycles. The maximum absolute atomic E-state index is 7.62. The Morgan fingerprint density at radius 3 is 0.462 bits per heavy atom. The number of rotatable bonds is 3. The second kappa shape index (κ2) is 39.6. The van der Waals surface area contributed by atoms with Gasteiger partial charge in [-0.15, -0.1) is 0 Å².